The van der Waals surface area contributed by atoms with Crippen molar-refractivity contribution in [1.29, 1.82) is 0 Å². The molecule has 0 aliphatic rings. The lowest BCUT2D eigenvalue weighted by atomic mass is 10.1. The summed E-state index contributed by atoms with van der Waals surface area (Å²) in [6.45, 7) is 0. The van der Waals surface area contributed by atoms with E-state index in [0.717, 1.165) is 6.07 Å². The molecular formula is C22H15F3N2O2. The molecule has 0 atom stereocenters. The molecule has 0 amide bonds. The molecule has 0 fully saturated rings. The molecule has 0 bridgehead atoms. The number of alkyl halides is 3. The zero-order valence-electron chi connectivity index (χ0n) is 14.9. The molecule has 0 aliphatic heterocycles. The molecule has 0 aliphatic carbocycles. The molecule has 0 saturated heterocycles. The van der Waals surface area contributed by atoms with Gasteiger partial charge in [0.05, 0.1) is 22.6 Å². The topological polar surface area (TPSA) is 58.3 Å². The van der Waals surface area contributed by atoms with E-state index in [9.17, 15) is 23.4 Å². The van der Waals surface area contributed by atoms with Gasteiger partial charge in [0.2, 0.25) is 0 Å². The Bertz CT molecular complexity index is 1150. The second kappa shape index (κ2) is 7.01. The number of hydrogen-bond donors (Lipinski definition) is 2. The third-order valence-corrected chi connectivity index (χ3v) is 4.47. The fraction of sp³-hybridized carbons (Fsp3) is 0.0455. The van der Waals surface area contributed by atoms with Crippen LogP contribution in [0.5, 0.6) is 11.5 Å². The molecule has 0 radical (unpaired) electrons. The Morgan fingerprint density at radius 3 is 1.86 bits per heavy atom. The first-order chi connectivity index (χ1) is 13.8. The first-order valence-corrected chi connectivity index (χ1v) is 8.68. The minimum Gasteiger partial charge on any atom is -0.508 e. The summed E-state index contributed by atoms with van der Waals surface area (Å²) in [4.78, 5) is 0. The highest BCUT2D eigenvalue weighted by atomic mass is 19.4. The Balaban J connectivity index is 1.95. The molecule has 0 spiro atoms. The maximum absolute atomic E-state index is 13.6. The van der Waals surface area contributed by atoms with Crippen LogP contribution in [0.4, 0.5) is 13.2 Å². The fourth-order valence-electron chi connectivity index (χ4n) is 3.07. The minimum atomic E-state index is -4.55. The van der Waals surface area contributed by atoms with Crippen LogP contribution >= 0.6 is 0 Å². The van der Waals surface area contributed by atoms with Crippen molar-refractivity contribution < 1.29 is 23.4 Å². The van der Waals surface area contributed by atoms with Crippen LogP contribution in [0.1, 0.15) is 5.56 Å². The highest BCUT2D eigenvalue weighted by molar-refractivity contribution is 5.71. The zero-order valence-corrected chi connectivity index (χ0v) is 14.9. The number of aromatic hydroxyl groups is 2. The molecule has 0 saturated carbocycles. The smallest absolute Gasteiger partial charge is 0.418 e. The van der Waals surface area contributed by atoms with Crippen LogP contribution in [0.25, 0.3) is 28.2 Å². The van der Waals surface area contributed by atoms with Gasteiger partial charge in [0.15, 0.2) is 0 Å². The van der Waals surface area contributed by atoms with E-state index in [4.69, 9.17) is 0 Å². The maximum atomic E-state index is 13.6. The van der Waals surface area contributed by atoms with Crippen molar-refractivity contribution in [2.45, 2.75) is 6.18 Å². The average molecular weight is 396 g/mol. The number of aromatic nitrogens is 2. The molecule has 2 N–H and O–H groups in total. The lowest BCUT2D eigenvalue weighted by Crippen LogP contribution is -2.12. The van der Waals surface area contributed by atoms with Gasteiger partial charge in [0, 0.05) is 11.1 Å². The van der Waals surface area contributed by atoms with Crippen molar-refractivity contribution in [3.8, 4) is 39.7 Å². The van der Waals surface area contributed by atoms with E-state index in [1.54, 1.807) is 30.3 Å². The lowest BCUT2D eigenvalue weighted by Gasteiger charge is -2.15. The largest absolute Gasteiger partial charge is 0.508 e. The van der Waals surface area contributed by atoms with Crippen LogP contribution in [-0.2, 0) is 6.18 Å². The monoisotopic (exact) mass is 396 g/mol. The highest BCUT2D eigenvalue weighted by Gasteiger charge is 2.34. The van der Waals surface area contributed by atoms with Gasteiger partial charge in [-0.3, -0.25) is 0 Å². The van der Waals surface area contributed by atoms with Crippen molar-refractivity contribution in [2.24, 2.45) is 0 Å². The Morgan fingerprint density at radius 1 is 0.724 bits per heavy atom. The summed E-state index contributed by atoms with van der Waals surface area (Å²) in [5, 5.41) is 23.5. The van der Waals surface area contributed by atoms with Crippen molar-refractivity contribution in [2.75, 3.05) is 0 Å². The number of rotatable bonds is 3. The molecule has 0 unspecified atom stereocenters. The van der Waals surface area contributed by atoms with Crippen molar-refractivity contribution in [3.63, 3.8) is 0 Å². The minimum absolute atomic E-state index is 0.0502. The molecule has 7 heteroatoms. The third kappa shape index (κ3) is 3.67. The normalized spacial score (nSPS) is 11.6. The molecular weight excluding hydrogens is 381 g/mol. The van der Waals surface area contributed by atoms with Gasteiger partial charge in [-0.25, -0.2) is 4.68 Å². The van der Waals surface area contributed by atoms with Gasteiger partial charge in [-0.2, -0.15) is 18.3 Å². The Kier molecular flexibility index (Phi) is 4.50. The number of nitrogens with zero attached hydrogens (tertiary/aromatic N) is 2. The standard InChI is InChI=1S/C22H15F3N2O2/c23-22(24,25)18-3-1-2-4-20(18)27-21(15-7-11-17(29)12-8-15)13-19(26-27)14-5-9-16(28)10-6-14/h1-13,28-29H. The molecule has 3 aromatic carbocycles. The molecule has 1 heterocycles. The first kappa shape index (κ1) is 18.6. The van der Waals surface area contributed by atoms with Crippen LogP contribution in [0.3, 0.4) is 0 Å². The first-order valence-electron chi connectivity index (χ1n) is 8.68. The number of halogens is 3. The van der Waals surface area contributed by atoms with Crippen LogP contribution in [-0.4, -0.2) is 20.0 Å². The van der Waals surface area contributed by atoms with E-state index in [-0.39, 0.29) is 17.2 Å². The highest BCUT2D eigenvalue weighted by Crippen LogP contribution is 2.37. The van der Waals surface area contributed by atoms with Gasteiger partial charge >= 0.3 is 6.18 Å². The summed E-state index contributed by atoms with van der Waals surface area (Å²) in [7, 11) is 0. The van der Waals surface area contributed by atoms with Gasteiger partial charge in [-0.15, -0.1) is 0 Å². The number of phenols is 2. The van der Waals surface area contributed by atoms with Gasteiger partial charge in [-0.1, -0.05) is 12.1 Å². The summed E-state index contributed by atoms with van der Waals surface area (Å²) in [6, 6.07) is 19.3. The second-order valence-electron chi connectivity index (χ2n) is 6.44. The van der Waals surface area contributed by atoms with E-state index in [0.29, 0.717) is 22.5 Å². The van der Waals surface area contributed by atoms with E-state index in [1.807, 2.05) is 0 Å². The third-order valence-electron chi connectivity index (χ3n) is 4.47. The molecule has 1 aromatic heterocycles. The quantitative estimate of drug-likeness (QED) is 0.471. The molecule has 4 nitrogen and oxygen atoms in total. The lowest BCUT2D eigenvalue weighted by molar-refractivity contribution is -0.137. The van der Waals surface area contributed by atoms with Crippen LogP contribution in [0.2, 0.25) is 0 Å². The van der Waals surface area contributed by atoms with Crippen molar-refractivity contribution in [3.05, 3.63) is 84.4 Å². The van der Waals surface area contributed by atoms with Crippen LogP contribution in [0, 0.1) is 0 Å². The van der Waals surface area contributed by atoms with E-state index < -0.39 is 11.7 Å². The summed E-state index contributed by atoms with van der Waals surface area (Å²) < 4.78 is 42.0. The average Bonchev–Trinajstić information content (AvgIpc) is 3.14. The summed E-state index contributed by atoms with van der Waals surface area (Å²) in [6.07, 6.45) is -4.55. The molecule has 146 valence electrons. The predicted molar refractivity (Wildman–Crippen MR) is 103 cm³/mol. The number of phenolic OH excluding ortho intramolecular Hbond substituents is 2. The maximum Gasteiger partial charge on any atom is 0.418 e. The van der Waals surface area contributed by atoms with Gasteiger partial charge < -0.3 is 10.2 Å². The fourth-order valence-corrected chi connectivity index (χ4v) is 3.07. The van der Waals surface area contributed by atoms with Crippen LogP contribution < -0.4 is 0 Å². The van der Waals surface area contributed by atoms with Gasteiger partial charge in [0.25, 0.3) is 0 Å². The summed E-state index contributed by atoms with van der Waals surface area (Å²) >= 11 is 0. The van der Waals surface area contributed by atoms with E-state index in [1.165, 1.54) is 47.1 Å². The predicted octanol–water partition coefficient (Wildman–Crippen LogP) is 5.64. The summed E-state index contributed by atoms with van der Waals surface area (Å²) in [5.74, 6) is 0.128. The van der Waals surface area contributed by atoms with Gasteiger partial charge in [0.1, 0.15) is 11.5 Å². The molecule has 4 aromatic rings. The second-order valence-corrected chi connectivity index (χ2v) is 6.44. The van der Waals surface area contributed by atoms with E-state index in [2.05, 4.69) is 5.10 Å². The van der Waals surface area contributed by atoms with Crippen molar-refractivity contribution >= 4 is 0 Å². The van der Waals surface area contributed by atoms with E-state index >= 15 is 0 Å². The Morgan fingerprint density at radius 2 is 1.28 bits per heavy atom. The summed E-state index contributed by atoms with van der Waals surface area (Å²) in [5.41, 5.74) is 1.21. The number of benzene rings is 3. The number of para-hydroxylation sites is 1. The Hall–Kier alpha value is -3.74. The molecule has 29 heavy (non-hydrogen) atoms. The Labute approximate surface area is 164 Å². The zero-order chi connectivity index (χ0) is 20.6. The van der Waals surface area contributed by atoms with Crippen LogP contribution in [0.15, 0.2) is 78.9 Å². The van der Waals surface area contributed by atoms with Gasteiger partial charge in [-0.05, 0) is 66.7 Å². The van der Waals surface area contributed by atoms with Crippen molar-refractivity contribution in [1.82, 2.24) is 9.78 Å². The number of hydrogen-bond acceptors (Lipinski definition) is 3. The SMILES string of the molecule is Oc1ccc(-c2cc(-c3ccc(O)cc3)n(-c3ccccc3C(F)(F)F)n2)cc1. The molecule has 4 rings (SSSR count).